The van der Waals surface area contributed by atoms with Gasteiger partial charge in [0.05, 0.1) is 11.7 Å². The molecule has 3 unspecified atom stereocenters. The molecule has 3 atom stereocenters. The van der Waals surface area contributed by atoms with Crippen LogP contribution in [0.2, 0.25) is 0 Å². The van der Waals surface area contributed by atoms with Crippen LogP contribution in [-0.2, 0) is 0 Å². The van der Waals surface area contributed by atoms with Gasteiger partial charge in [-0.05, 0) is 62.6 Å². The van der Waals surface area contributed by atoms with Gasteiger partial charge in [0.15, 0.2) is 0 Å². The Morgan fingerprint density at radius 2 is 1.62 bits per heavy atom. The van der Waals surface area contributed by atoms with E-state index in [0.717, 1.165) is 44.7 Å². The van der Waals surface area contributed by atoms with Crippen molar-refractivity contribution in [3.8, 4) is 0 Å². The quantitative estimate of drug-likeness (QED) is 0.477. The van der Waals surface area contributed by atoms with Gasteiger partial charge < -0.3 is 15.1 Å². The zero-order chi connectivity index (χ0) is 21.3. The summed E-state index contributed by atoms with van der Waals surface area (Å²) in [5.74, 6) is 2.12. The fourth-order valence-electron chi connectivity index (χ4n) is 4.61. The lowest BCUT2D eigenvalue weighted by molar-refractivity contribution is -0.0821. The second-order valence-electron chi connectivity index (χ2n) is 10.2. The largest absolute Gasteiger partial charge is 0.389 e. The van der Waals surface area contributed by atoms with Crippen LogP contribution in [0.4, 0.5) is 0 Å². The minimum Gasteiger partial charge on any atom is -0.389 e. The Hall–Kier alpha value is -0.900. The molecule has 2 rings (SSSR count). The highest BCUT2D eigenvalue weighted by molar-refractivity contribution is 5.20. The van der Waals surface area contributed by atoms with E-state index in [2.05, 4.69) is 56.0 Å². The number of nitrogens with zero attached hydrogens (tertiary/aromatic N) is 1. The van der Waals surface area contributed by atoms with Crippen molar-refractivity contribution in [2.45, 2.75) is 96.7 Å². The topological polar surface area (TPSA) is 43.7 Å². The molecular weight excluding hydrogens is 358 g/mol. The SMILES string of the molecule is CC(C)CCCC(C)CCCC(C)(O)C(O)CN1CCC(c2ccccc2)CC1. The molecule has 0 saturated carbocycles. The molecule has 0 radical (unpaired) electrons. The predicted molar refractivity (Wildman–Crippen MR) is 123 cm³/mol. The third kappa shape index (κ3) is 8.78. The Balaban J connectivity index is 1.66. The molecule has 1 aliphatic rings. The smallest absolute Gasteiger partial charge is 0.0950 e. The Labute approximate surface area is 179 Å². The molecule has 0 aliphatic carbocycles. The molecule has 3 heteroatoms. The van der Waals surface area contributed by atoms with E-state index in [9.17, 15) is 10.2 Å². The van der Waals surface area contributed by atoms with E-state index >= 15 is 0 Å². The van der Waals surface area contributed by atoms with Crippen LogP contribution in [0.3, 0.4) is 0 Å². The van der Waals surface area contributed by atoms with Crippen molar-refractivity contribution in [2.75, 3.05) is 19.6 Å². The molecule has 1 fully saturated rings. The number of piperidine rings is 1. The van der Waals surface area contributed by atoms with Crippen molar-refractivity contribution in [3.63, 3.8) is 0 Å². The number of benzene rings is 1. The van der Waals surface area contributed by atoms with E-state index in [-0.39, 0.29) is 0 Å². The monoisotopic (exact) mass is 403 g/mol. The number of aliphatic hydroxyl groups is 2. The summed E-state index contributed by atoms with van der Waals surface area (Å²) in [6, 6.07) is 10.8. The highest BCUT2D eigenvalue weighted by Gasteiger charge is 2.32. The minimum atomic E-state index is -0.992. The van der Waals surface area contributed by atoms with E-state index < -0.39 is 11.7 Å². The van der Waals surface area contributed by atoms with Crippen LogP contribution in [0.5, 0.6) is 0 Å². The van der Waals surface area contributed by atoms with Crippen molar-refractivity contribution in [2.24, 2.45) is 11.8 Å². The summed E-state index contributed by atoms with van der Waals surface area (Å²) in [4.78, 5) is 2.33. The predicted octanol–water partition coefficient (Wildman–Crippen LogP) is 5.61. The maximum atomic E-state index is 10.8. The van der Waals surface area contributed by atoms with Gasteiger partial charge in [0, 0.05) is 6.54 Å². The second-order valence-corrected chi connectivity index (χ2v) is 10.2. The lowest BCUT2D eigenvalue weighted by Crippen LogP contribution is -2.48. The van der Waals surface area contributed by atoms with E-state index in [1.165, 1.54) is 24.8 Å². The van der Waals surface area contributed by atoms with Crippen molar-refractivity contribution >= 4 is 0 Å². The van der Waals surface area contributed by atoms with Gasteiger partial charge in [-0.1, -0.05) is 83.2 Å². The summed E-state index contributed by atoms with van der Waals surface area (Å²) in [5, 5.41) is 21.5. The maximum Gasteiger partial charge on any atom is 0.0950 e. The molecule has 0 spiro atoms. The van der Waals surface area contributed by atoms with Crippen LogP contribution in [0.15, 0.2) is 30.3 Å². The van der Waals surface area contributed by atoms with E-state index in [1.54, 1.807) is 0 Å². The van der Waals surface area contributed by atoms with Crippen LogP contribution >= 0.6 is 0 Å². The van der Waals surface area contributed by atoms with E-state index in [1.807, 2.05) is 6.92 Å². The normalized spacial score (nSPS) is 20.5. The van der Waals surface area contributed by atoms with Gasteiger partial charge in [0.2, 0.25) is 0 Å². The number of hydrogen-bond acceptors (Lipinski definition) is 3. The van der Waals surface area contributed by atoms with Crippen LogP contribution in [-0.4, -0.2) is 46.5 Å². The molecule has 2 N–H and O–H groups in total. The lowest BCUT2D eigenvalue weighted by Gasteiger charge is -2.37. The number of likely N-dealkylation sites (tertiary alicyclic amines) is 1. The molecule has 1 aromatic carbocycles. The van der Waals surface area contributed by atoms with Crippen molar-refractivity contribution in [1.82, 2.24) is 4.90 Å². The Kier molecular flexibility index (Phi) is 10.1. The van der Waals surface area contributed by atoms with Gasteiger partial charge in [-0.2, -0.15) is 0 Å². The average molecular weight is 404 g/mol. The zero-order valence-electron chi connectivity index (χ0n) is 19.3. The second kappa shape index (κ2) is 12.1. The third-order valence-electron chi connectivity index (χ3n) is 6.87. The Morgan fingerprint density at radius 3 is 2.24 bits per heavy atom. The summed E-state index contributed by atoms with van der Waals surface area (Å²) >= 11 is 0. The van der Waals surface area contributed by atoms with Crippen molar-refractivity contribution in [3.05, 3.63) is 35.9 Å². The first kappa shape index (κ1) is 24.4. The molecule has 1 heterocycles. The van der Waals surface area contributed by atoms with Gasteiger partial charge in [0.25, 0.3) is 0 Å². The molecule has 0 bridgehead atoms. The molecule has 0 aromatic heterocycles. The molecule has 0 amide bonds. The van der Waals surface area contributed by atoms with Gasteiger partial charge in [-0.15, -0.1) is 0 Å². The van der Waals surface area contributed by atoms with Gasteiger partial charge in [-0.25, -0.2) is 0 Å². The molecular formula is C26H45NO2. The van der Waals surface area contributed by atoms with Crippen LogP contribution in [0.25, 0.3) is 0 Å². The fourth-order valence-corrected chi connectivity index (χ4v) is 4.61. The third-order valence-corrected chi connectivity index (χ3v) is 6.87. The Bertz CT molecular complexity index is 549. The van der Waals surface area contributed by atoms with Crippen molar-refractivity contribution in [1.29, 1.82) is 0 Å². The molecule has 166 valence electrons. The first-order chi connectivity index (χ1) is 13.8. The van der Waals surface area contributed by atoms with Gasteiger partial charge >= 0.3 is 0 Å². The Morgan fingerprint density at radius 1 is 1.00 bits per heavy atom. The first-order valence-electron chi connectivity index (χ1n) is 12.0. The number of rotatable bonds is 12. The van der Waals surface area contributed by atoms with Crippen molar-refractivity contribution < 1.29 is 10.2 Å². The molecule has 3 nitrogen and oxygen atoms in total. The summed E-state index contributed by atoms with van der Waals surface area (Å²) in [5.41, 5.74) is 0.440. The zero-order valence-corrected chi connectivity index (χ0v) is 19.3. The van der Waals surface area contributed by atoms with Crippen LogP contribution in [0, 0.1) is 11.8 Å². The summed E-state index contributed by atoms with van der Waals surface area (Å²) < 4.78 is 0. The molecule has 1 aliphatic heterocycles. The van der Waals surface area contributed by atoms with E-state index in [4.69, 9.17) is 0 Å². The number of aliphatic hydroxyl groups excluding tert-OH is 1. The minimum absolute atomic E-state index is 0.582. The molecule has 29 heavy (non-hydrogen) atoms. The summed E-state index contributed by atoms with van der Waals surface area (Å²) in [6.45, 7) is 11.3. The van der Waals surface area contributed by atoms with Crippen LogP contribution in [0.1, 0.15) is 90.5 Å². The average Bonchev–Trinajstić information content (AvgIpc) is 2.69. The summed E-state index contributed by atoms with van der Waals surface area (Å²) in [7, 11) is 0. The summed E-state index contributed by atoms with van der Waals surface area (Å²) in [6.07, 6.45) is 8.29. The van der Waals surface area contributed by atoms with Gasteiger partial charge in [-0.3, -0.25) is 0 Å². The molecule has 1 saturated heterocycles. The molecule has 1 aromatic rings. The highest BCUT2D eigenvalue weighted by atomic mass is 16.3. The number of β-amino-alcohol motifs (C(OH)–C–C–N with tert-alkyl or cyclic N) is 1. The lowest BCUT2D eigenvalue weighted by atomic mass is 9.87. The first-order valence-corrected chi connectivity index (χ1v) is 12.0. The highest BCUT2D eigenvalue weighted by Crippen LogP contribution is 2.29. The fraction of sp³-hybridized carbons (Fsp3) is 0.769. The maximum absolute atomic E-state index is 10.8. The number of hydrogen-bond donors (Lipinski definition) is 2. The standard InChI is InChI=1S/C26H45NO2/c1-21(2)10-8-11-22(3)12-9-17-26(4,29)25(28)20-27-18-15-24(16-19-27)23-13-6-5-7-14-23/h5-7,13-14,21-22,24-25,28-29H,8-12,15-20H2,1-4H3. The van der Waals surface area contributed by atoms with E-state index in [0.29, 0.717) is 24.8 Å². The van der Waals surface area contributed by atoms with Gasteiger partial charge in [0.1, 0.15) is 0 Å². The van der Waals surface area contributed by atoms with Crippen LogP contribution < -0.4 is 0 Å².